The Morgan fingerprint density at radius 3 is 1.43 bits per heavy atom. The van der Waals surface area contributed by atoms with Crippen LogP contribution in [0.25, 0.3) is 22.5 Å². The van der Waals surface area contributed by atoms with E-state index in [-0.39, 0.29) is 76.4 Å². The van der Waals surface area contributed by atoms with Gasteiger partial charge in [0.1, 0.15) is 70.1 Å². The minimum Gasteiger partial charge on any atom is -0.545 e. The van der Waals surface area contributed by atoms with E-state index < -0.39 is 83.4 Å². The third-order valence-electron chi connectivity index (χ3n) is 13.5. The zero-order chi connectivity index (χ0) is 65.2. The number of aromatic carboxylic acids is 1. The predicted molar refractivity (Wildman–Crippen MR) is 314 cm³/mol. The van der Waals surface area contributed by atoms with E-state index in [0.29, 0.717) is 50.2 Å². The van der Waals surface area contributed by atoms with Crippen LogP contribution in [0.4, 0.5) is 27.2 Å². The number of rotatable bonds is 19. The Hall–Kier alpha value is -10.1. The molecule has 2 N–H and O–H groups in total. The van der Waals surface area contributed by atoms with Crippen molar-refractivity contribution in [2.24, 2.45) is 0 Å². The first-order valence-electron chi connectivity index (χ1n) is 26.5. The Kier molecular flexibility index (Phi) is 24.2. The molecule has 0 bridgehead atoms. The van der Waals surface area contributed by atoms with Gasteiger partial charge in [0.05, 0.1) is 71.1 Å². The zero-order valence-electron chi connectivity index (χ0n) is 48.3. The van der Waals surface area contributed by atoms with E-state index in [0.717, 1.165) is 29.8 Å². The summed E-state index contributed by atoms with van der Waals surface area (Å²) in [6, 6.07) is 33.8. The number of carbonyl (C=O) groups is 4. The van der Waals surface area contributed by atoms with Crippen LogP contribution in [0.3, 0.4) is 0 Å². The molecule has 0 aliphatic rings. The number of nitriles is 2. The fraction of sp³-hybridized carbons (Fsp3) is 0.161. The quantitative estimate of drug-likeness (QED) is 0.0192. The Morgan fingerprint density at radius 2 is 1.05 bits per heavy atom. The van der Waals surface area contributed by atoms with E-state index >= 15 is 8.78 Å². The third-order valence-corrected chi connectivity index (χ3v) is 15.7. The molecule has 6 aromatic carbocycles. The molecular formula is C62H46ClF4N10NaO12S2. The smallest absolute Gasteiger partial charge is 0.545 e. The second kappa shape index (κ2) is 32.1. The van der Waals surface area contributed by atoms with Gasteiger partial charge in [-0.2, -0.15) is 20.7 Å². The second-order valence-corrected chi connectivity index (χ2v) is 21.2. The van der Waals surface area contributed by atoms with Gasteiger partial charge in [-0.3, -0.25) is 0 Å². The summed E-state index contributed by atoms with van der Waals surface area (Å²) in [5.74, 6) is -7.62. The van der Waals surface area contributed by atoms with E-state index in [1.807, 2.05) is 0 Å². The van der Waals surface area contributed by atoms with Crippen LogP contribution in [-0.2, 0) is 48.0 Å². The van der Waals surface area contributed by atoms with Gasteiger partial charge in [-0.25, -0.2) is 61.2 Å². The number of carboxylic acid groups (broad SMARTS) is 1. The summed E-state index contributed by atoms with van der Waals surface area (Å²) in [4.78, 5) is 65.4. The molecule has 0 fully saturated rings. The standard InChI is InChI=1S/C31H23F2N5O6S.C24H18ClF2N5O3S.C7H6O3.Na/c1-19(28-37-27(14-45-28)21-7-5-20(13-34)6-8-21)31(15-38-17-35-16-36-38,25-10-9-23(32)12-26(25)33)44-30(41)43-18-42-29(40)22-3-2-4-24(39)11-22;1-15(22-31-21(10-36-22)17-4-2-16(9-28)3-5-17)24(35-23(33)34-12-25,11-32-14-29-13-30-32)19-7-6-18(26)8-20(19)27;8-6-3-1-2-5(4-6)7(9)10;/h2-12,14,16-17,19,39H,15,18H2,1H3;2-8,10,13-15H,11-12H2,1H3;1-4,8H,(H,9,10);/q;;;+1/p-1/t19-,31?;15-,24?;;/m00../s1. The minimum atomic E-state index is -1.93. The number of esters is 1. The molecule has 0 aliphatic carbocycles. The molecule has 0 saturated heterocycles. The molecule has 0 spiro atoms. The van der Waals surface area contributed by atoms with Crippen LogP contribution in [0, 0.1) is 45.9 Å². The monoisotopic (exact) mass is 1320 g/mol. The summed E-state index contributed by atoms with van der Waals surface area (Å²) in [6.45, 7) is 2.01. The summed E-state index contributed by atoms with van der Waals surface area (Å²) in [5, 5.41) is 59.3. The molecule has 2 unspecified atom stereocenters. The number of hydrogen-bond acceptors (Lipinski definition) is 22. The van der Waals surface area contributed by atoms with E-state index in [4.69, 9.17) is 60.9 Å². The van der Waals surface area contributed by atoms with E-state index in [1.165, 1.54) is 106 Å². The van der Waals surface area contributed by atoms with Gasteiger partial charge in [-0.1, -0.05) is 67.9 Å². The van der Waals surface area contributed by atoms with Crippen molar-refractivity contribution in [2.45, 2.75) is 50.0 Å². The Labute approximate surface area is 555 Å². The number of halogens is 5. The van der Waals surface area contributed by atoms with Crippen LogP contribution < -0.4 is 34.7 Å². The molecule has 0 saturated carbocycles. The number of phenolic OH excluding ortho intramolecular Hbond substituents is 2. The molecule has 10 rings (SSSR count). The first-order valence-corrected chi connectivity index (χ1v) is 28.8. The molecule has 0 aliphatic heterocycles. The number of ether oxygens (including phenoxy) is 5. The van der Waals surface area contributed by atoms with E-state index in [9.17, 15) is 38.2 Å². The number of aromatic hydroxyl groups is 2. The van der Waals surface area contributed by atoms with Crippen molar-refractivity contribution in [1.82, 2.24) is 39.5 Å². The fourth-order valence-electron chi connectivity index (χ4n) is 8.99. The zero-order valence-corrected chi connectivity index (χ0v) is 52.7. The van der Waals surface area contributed by atoms with Crippen molar-refractivity contribution in [3.63, 3.8) is 0 Å². The Bertz CT molecular complexity index is 4260. The van der Waals surface area contributed by atoms with Gasteiger partial charge in [0, 0.05) is 50.7 Å². The molecule has 22 nitrogen and oxygen atoms in total. The summed E-state index contributed by atoms with van der Waals surface area (Å²) < 4.78 is 87.8. The molecule has 0 amide bonds. The average molecular weight is 1320 g/mol. The predicted octanol–water partition coefficient (Wildman–Crippen LogP) is 8.28. The summed E-state index contributed by atoms with van der Waals surface area (Å²) in [6.07, 6.45) is 2.74. The molecule has 92 heavy (non-hydrogen) atoms. The van der Waals surface area contributed by atoms with E-state index in [1.54, 1.807) is 73.1 Å². The van der Waals surface area contributed by atoms with Crippen molar-refractivity contribution in [3.8, 4) is 46.2 Å². The van der Waals surface area contributed by atoms with Gasteiger partial charge in [0.25, 0.3) is 0 Å². The van der Waals surface area contributed by atoms with Crippen molar-refractivity contribution >= 4 is 58.5 Å². The summed E-state index contributed by atoms with van der Waals surface area (Å²) >= 11 is 8.03. The summed E-state index contributed by atoms with van der Waals surface area (Å²) in [5.41, 5.74) is -0.375. The van der Waals surface area contributed by atoms with Crippen LogP contribution >= 0.6 is 34.3 Å². The SMILES string of the molecule is C[C@@H](c1nc(-c2ccc(C#N)cc2)cs1)C(Cn1cncn1)(OC(=O)OCCl)c1ccc(F)cc1F.C[C@@H](c1nc(-c2ccc(C#N)cc2)cs1)C(Cn1cncn1)(OC(=O)OCOC(=O)c1cccc(O)c1)c1ccc(F)cc1F.O=C([O-])c1cccc(O)c1.[Na+]. The van der Waals surface area contributed by atoms with Crippen LogP contribution in [0.15, 0.2) is 170 Å². The van der Waals surface area contributed by atoms with Crippen LogP contribution in [0.2, 0.25) is 0 Å². The molecular weight excluding hydrogens is 1280 g/mol. The third kappa shape index (κ3) is 17.4. The number of carboxylic acids is 1. The number of hydrogen-bond donors (Lipinski definition) is 2. The first-order chi connectivity index (χ1) is 43.7. The summed E-state index contributed by atoms with van der Waals surface area (Å²) in [7, 11) is 0. The van der Waals surface area contributed by atoms with Gasteiger partial charge in [0.15, 0.2) is 17.3 Å². The van der Waals surface area contributed by atoms with Crippen molar-refractivity contribution in [1.29, 1.82) is 10.5 Å². The molecule has 4 heterocycles. The Balaban J connectivity index is 0.000000228. The van der Waals surface area contributed by atoms with Gasteiger partial charge >= 0.3 is 47.8 Å². The van der Waals surface area contributed by atoms with Gasteiger partial charge in [-0.05, 0) is 78.9 Å². The van der Waals surface area contributed by atoms with Crippen molar-refractivity contribution in [3.05, 3.63) is 236 Å². The van der Waals surface area contributed by atoms with E-state index in [2.05, 4.69) is 32.3 Å². The number of thiazole rings is 2. The van der Waals surface area contributed by atoms with Crippen LogP contribution in [0.5, 0.6) is 11.5 Å². The van der Waals surface area contributed by atoms with Crippen molar-refractivity contribution < 1.29 is 105 Å². The molecule has 30 heteroatoms. The molecule has 464 valence electrons. The molecule has 4 aromatic heterocycles. The number of carbonyl (C=O) groups excluding carboxylic acids is 4. The number of aromatic nitrogens is 8. The minimum absolute atomic E-state index is 0. The fourth-order valence-corrected chi connectivity index (χ4v) is 11.0. The molecule has 10 aromatic rings. The Morgan fingerprint density at radius 1 is 0.620 bits per heavy atom. The van der Waals surface area contributed by atoms with Crippen LogP contribution in [0.1, 0.15) is 78.7 Å². The van der Waals surface area contributed by atoms with Gasteiger partial charge in [-0.15, -0.1) is 22.7 Å². The maximum atomic E-state index is 15.6. The number of benzene rings is 6. The maximum absolute atomic E-state index is 15.6. The molecule has 0 radical (unpaired) electrons. The largest absolute Gasteiger partial charge is 1.00 e. The number of phenols is 2. The average Bonchev–Trinajstić information content (AvgIpc) is 1.15. The van der Waals surface area contributed by atoms with Gasteiger partial charge < -0.3 is 43.8 Å². The van der Waals surface area contributed by atoms with Crippen molar-refractivity contribution in [2.75, 3.05) is 12.9 Å². The second-order valence-electron chi connectivity index (χ2n) is 19.2. The number of alkyl halides is 1. The number of nitrogens with zero attached hydrogens (tertiary/aromatic N) is 10. The first kappa shape index (κ1) is 69.4. The maximum Gasteiger partial charge on any atom is 1.00 e. The topological polar surface area (TPSA) is 313 Å². The normalized spacial score (nSPS) is 12.5. The van der Waals surface area contributed by atoms with Crippen LogP contribution in [-0.4, -0.2) is 86.8 Å². The van der Waals surface area contributed by atoms with Gasteiger partial charge in [0.2, 0.25) is 6.79 Å². The molecule has 4 atom stereocenters.